The maximum atomic E-state index is 12.6. The Balaban J connectivity index is 1.20. The fourth-order valence-corrected chi connectivity index (χ4v) is 4.50. The zero-order valence-electron chi connectivity index (χ0n) is 19.7. The van der Waals surface area contributed by atoms with Gasteiger partial charge in [-0.1, -0.05) is 54.6 Å². The zero-order chi connectivity index (χ0) is 23.8. The number of rotatable bonds is 8. The Morgan fingerprint density at radius 1 is 0.853 bits per heavy atom. The summed E-state index contributed by atoms with van der Waals surface area (Å²) in [6.07, 6.45) is 3.40. The van der Waals surface area contributed by atoms with Crippen molar-refractivity contribution < 1.29 is 14.3 Å². The van der Waals surface area contributed by atoms with Gasteiger partial charge in [-0.25, -0.2) is 4.79 Å². The molecule has 1 aliphatic heterocycles. The molecule has 4 rings (SSSR count). The van der Waals surface area contributed by atoms with Crippen molar-refractivity contribution in [3.63, 3.8) is 0 Å². The Bertz CT molecular complexity index is 1070. The molecule has 34 heavy (non-hydrogen) atoms. The molecule has 1 amide bonds. The van der Waals surface area contributed by atoms with E-state index in [0.29, 0.717) is 23.6 Å². The molecule has 0 bridgehead atoms. The standard InChI is InChI=1S/C29H32N2O3/c1-34-29(33)27-13-9-25(10-14-27)24-7-11-26(12-8-24)28(32)30-18-15-22-16-19-31(20-17-22)21-23-5-3-2-4-6-23/h2-14,22H,15-21H2,1H3,(H,30,32). The van der Waals surface area contributed by atoms with Gasteiger partial charge in [0.2, 0.25) is 0 Å². The van der Waals surface area contributed by atoms with Gasteiger partial charge in [0.1, 0.15) is 0 Å². The molecule has 3 aromatic carbocycles. The highest BCUT2D eigenvalue weighted by Crippen LogP contribution is 2.22. The lowest BCUT2D eigenvalue weighted by atomic mass is 9.93. The number of benzene rings is 3. The van der Waals surface area contributed by atoms with E-state index in [9.17, 15) is 9.59 Å². The number of methoxy groups -OCH3 is 1. The summed E-state index contributed by atoms with van der Waals surface area (Å²) in [5.41, 5.74) is 4.53. The highest BCUT2D eigenvalue weighted by Gasteiger charge is 2.19. The first-order valence-electron chi connectivity index (χ1n) is 12.0. The Kier molecular flexibility index (Phi) is 8.10. The second-order valence-corrected chi connectivity index (χ2v) is 8.90. The number of esters is 1. The molecule has 0 spiro atoms. The number of likely N-dealkylation sites (tertiary alicyclic amines) is 1. The minimum atomic E-state index is -0.351. The van der Waals surface area contributed by atoms with Crippen LogP contribution in [0.4, 0.5) is 0 Å². The quantitative estimate of drug-likeness (QED) is 0.475. The van der Waals surface area contributed by atoms with Gasteiger partial charge in [0.25, 0.3) is 5.91 Å². The van der Waals surface area contributed by atoms with Crippen molar-refractivity contribution in [2.45, 2.75) is 25.8 Å². The molecule has 1 saturated heterocycles. The van der Waals surface area contributed by atoms with E-state index in [4.69, 9.17) is 4.74 Å². The molecule has 0 unspecified atom stereocenters. The van der Waals surface area contributed by atoms with Gasteiger partial charge < -0.3 is 10.1 Å². The molecule has 176 valence electrons. The molecule has 5 heteroatoms. The van der Waals surface area contributed by atoms with Crippen molar-refractivity contribution in [3.05, 3.63) is 95.6 Å². The van der Waals surface area contributed by atoms with Crippen LogP contribution in [0.2, 0.25) is 0 Å². The predicted molar refractivity (Wildman–Crippen MR) is 135 cm³/mol. The summed E-state index contributed by atoms with van der Waals surface area (Å²) >= 11 is 0. The molecule has 3 aromatic rings. The average molecular weight is 457 g/mol. The first-order chi connectivity index (χ1) is 16.6. The maximum absolute atomic E-state index is 12.6. The third-order valence-electron chi connectivity index (χ3n) is 6.58. The van der Waals surface area contributed by atoms with Crippen LogP contribution < -0.4 is 5.32 Å². The van der Waals surface area contributed by atoms with Crippen molar-refractivity contribution in [1.29, 1.82) is 0 Å². The van der Waals surface area contributed by atoms with Crippen LogP contribution in [-0.4, -0.2) is 43.5 Å². The number of amides is 1. The summed E-state index contributed by atoms with van der Waals surface area (Å²) in [6.45, 7) is 3.97. The summed E-state index contributed by atoms with van der Waals surface area (Å²) in [5.74, 6) is 0.285. The fourth-order valence-electron chi connectivity index (χ4n) is 4.50. The van der Waals surface area contributed by atoms with Gasteiger partial charge in [0, 0.05) is 18.7 Å². The third-order valence-corrected chi connectivity index (χ3v) is 6.58. The summed E-state index contributed by atoms with van der Waals surface area (Å²) in [7, 11) is 1.37. The largest absolute Gasteiger partial charge is 0.465 e. The maximum Gasteiger partial charge on any atom is 0.337 e. The van der Waals surface area contributed by atoms with Crippen LogP contribution in [0, 0.1) is 5.92 Å². The number of hydrogen-bond donors (Lipinski definition) is 1. The van der Waals surface area contributed by atoms with Gasteiger partial charge in [0.05, 0.1) is 12.7 Å². The van der Waals surface area contributed by atoms with Crippen LogP contribution in [0.25, 0.3) is 11.1 Å². The molecule has 0 atom stereocenters. The molecule has 0 aromatic heterocycles. The first kappa shape index (κ1) is 23.7. The highest BCUT2D eigenvalue weighted by atomic mass is 16.5. The van der Waals surface area contributed by atoms with Crippen LogP contribution >= 0.6 is 0 Å². The highest BCUT2D eigenvalue weighted by molar-refractivity contribution is 5.94. The van der Waals surface area contributed by atoms with Gasteiger partial charge in [-0.05, 0) is 79.2 Å². The number of carbonyl (C=O) groups is 2. The van der Waals surface area contributed by atoms with Crippen molar-refractivity contribution >= 4 is 11.9 Å². The number of ether oxygens (including phenoxy) is 1. The zero-order valence-corrected chi connectivity index (χ0v) is 19.7. The van der Waals surface area contributed by atoms with Gasteiger partial charge >= 0.3 is 5.97 Å². The van der Waals surface area contributed by atoms with E-state index < -0.39 is 0 Å². The normalized spacial score (nSPS) is 14.5. The Labute approximate surface area is 201 Å². The van der Waals surface area contributed by atoms with E-state index in [1.807, 2.05) is 36.4 Å². The van der Waals surface area contributed by atoms with Crippen LogP contribution in [0.1, 0.15) is 45.5 Å². The number of piperidine rings is 1. The van der Waals surface area contributed by atoms with E-state index in [0.717, 1.165) is 37.2 Å². The van der Waals surface area contributed by atoms with E-state index in [1.165, 1.54) is 25.5 Å². The molecule has 0 aliphatic carbocycles. The van der Waals surface area contributed by atoms with Crippen LogP contribution in [0.15, 0.2) is 78.9 Å². The lowest BCUT2D eigenvalue weighted by molar-refractivity contribution is 0.0600. The van der Waals surface area contributed by atoms with E-state index in [2.05, 4.69) is 40.5 Å². The second-order valence-electron chi connectivity index (χ2n) is 8.90. The first-order valence-corrected chi connectivity index (χ1v) is 12.0. The molecular formula is C29H32N2O3. The molecular weight excluding hydrogens is 424 g/mol. The van der Waals surface area contributed by atoms with Crippen molar-refractivity contribution in [2.75, 3.05) is 26.7 Å². The van der Waals surface area contributed by atoms with E-state index in [1.54, 1.807) is 12.1 Å². The van der Waals surface area contributed by atoms with Gasteiger partial charge in [-0.2, -0.15) is 0 Å². The number of carbonyl (C=O) groups excluding carboxylic acids is 2. The Morgan fingerprint density at radius 3 is 2.03 bits per heavy atom. The lowest BCUT2D eigenvalue weighted by Crippen LogP contribution is -2.34. The number of hydrogen-bond acceptors (Lipinski definition) is 4. The average Bonchev–Trinajstić information content (AvgIpc) is 2.90. The van der Waals surface area contributed by atoms with Crippen molar-refractivity contribution in [3.8, 4) is 11.1 Å². The van der Waals surface area contributed by atoms with Gasteiger partial charge in [-0.3, -0.25) is 9.69 Å². The van der Waals surface area contributed by atoms with Crippen LogP contribution in [0.5, 0.6) is 0 Å². The molecule has 1 heterocycles. The molecule has 1 aliphatic rings. The SMILES string of the molecule is COC(=O)c1ccc(-c2ccc(C(=O)NCCC3CCN(Cc4ccccc4)CC3)cc2)cc1. The van der Waals surface area contributed by atoms with E-state index >= 15 is 0 Å². The topological polar surface area (TPSA) is 58.6 Å². The van der Waals surface area contributed by atoms with Crippen molar-refractivity contribution in [2.24, 2.45) is 5.92 Å². The minimum absolute atomic E-state index is 0.0332. The molecule has 1 fully saturated rings. The smallest absolute Gasteiger partial charge is 0.337 e. The minimum Gasteiger partial charge on any atom is -0.465 e. The summed E-state index contributed by atoms with van der Waals surface area (Å²) in [6, 6.07) is 25.5. The molecule has 0 saturated carbocycles. The third kappa shape index (κ3) is 6.33. The number of nitrogens with one attached hydrogen (secondary N) is 1. The van der Waals surface area contributed by atoms with Gasteiger partial charge in [0.15, 0.2) is 0 Å². The summed E-state index contributed by atoms with van der Waals surface area (Å²) in [5, 5.41) is 3.08. The van der Waals surface area contributed by atoms with Crippen LogP contribution in [0.3, 0.4) is 0 Å². The Morgan fingerprint density at radius 2 is 1.44 bits per heavy atom. The van der Waals surface area contributed by atoms with Gasteiger partial charge in [-0.15, -0.1) is 0 Å². The molecule has 1 N–H and O–H groups in total. The van der Waals surface area contributed by atoms with E-state index in [-0.39, 0.29) is 11.9 Å². The van der Waals surface area contributed by atoms with Crippen molar-refractivity contribution in [1.82, 2.24) is 10.2 Å². The summed E-state index contributed by atoms with van der Waals surface area (Å²) in [4.78, 5) is 26.7. The monoisotopic (exact) mass is 456 g/mol. The summed E-state index contributed by atoms with van der Waals surface area (Å²) < 4.78 is 4.74. The number of nitrogens with zero attached hydrogens (tertiary/aromatic N) is 1. The lowest BCUT2D eigenvalue weighted by Gasteiger charge is -2.32. The predicted octanol–water partition coefficient (Wildman–Crippen LogP) is 5.17. The fraction of sp³-hybridized carbons (Fsp3) is 0.310. The Hall–Kier alpha value is -3.44. The second kappa shape index (κ2) is 11.6. The van der Waals surface area contributed by atoms with Crippen LogP contribution in [-0.2, 0) is 11.3 Å². The molecule has 5 nitrogen and oxygen atoms in total. The molecule has 0 radical (unpaired) electrons.